The minimum Gasteiger partial charge on any atom is -0.351 e. The molecular formula is C24H34N2O. The van der Waals surface area contributed by atoms with E-state index in [0.29, 0.717) is 23.9 Å². The van der Waals surface area contributed by atoms with E-state index in [1.165, 1.54) is 37.7 Å². The number of hydrogen-bond acceptors (Lipinski definition) is 2. The lowest BCUT2D eigenvalue weighted by Gasteiger charge is -2.54. The zero-order valence-electron chi connectivity index (χ0n) is 16.8. The summed E-state index contributed by atoms with van der Waals surface area (Å²) >= 11 is 0. The van der Waals surface area contributed by atoms with E-state index in [1.54, 1.807) is 0 Å². The second-order valence-electron chi connectivity index (χ2n) is 10.6. The molecule has 3 heteroatoms. The Morgan fingerprint density at radius 2 is 1.89 bits per heavy atom. The van der Waals surface area contributed by atoms with Gasteiger partial charge in [0.15, 0.2) is 0 Å². The molecule has 4 fully saturated rings. The van der Waals surface area contributed by atoms with Crippen molar-refractivity contribution in [3.63, 3.8) is 0 Å². The van der Waals surface area contributed by atoms with Crippen LogP contribution in [-0.2, 0) is 10.2 Å². The Kier molecular flexibility index (Phi) is 4.16. The first kappa shape index (κ1) is 17.7. The van der Waals surface area contributed by atoms with Crippen molar-refractivity contribution in [1.82, 2.24) is 10.6 Å². The lowest BCUT2D eigenvalue weighted by molar-refractivity contribution is -0.137. The van der Waals surface area contributed by atoms with Crippen molar-refractivity contribution in [2.45, 2.75) is 76.3 Å². The van der Waals surface area contributed by atoms with Crippen molar-refractivity contribution >= 4 is 5.91 Å². The smallest absolute Gasteiger partial charge is 0.226 e. The fourth-order valence-corrected chi connectivity index (χ4v) is 7.45. The predicted molar refractivity (Wildman–Crippen MR) is 108 cm³/mol. The van der Waals surface area contributed by atoms with Gasteiger partial charge in [-0.1, -0.05) is 44.2 Å². The summed E-state index contributed by atoms with van der Waals surface area (Å²) in [6.07, 6.45) is 8.26. The SMILES string of the molecule is CC1CC2CC(C)(C(=O)NC3CC4CNC3C4)CC(c3ccccc3)(C1)C2. The number of nitrogens with one attached hydrogen (secondary N) is 2. The quantitative estimate of drug-likeness (QED) is 0.848. The maximum Gasteiger partial charge on any atom is 0.226 e. The Bertz CT molecular complexity index is 714. The number of hydrogen-bond donors (Lipinski definition) is 2. The number of benzene rings is 1. The largest absolute Gasteiger partial charge is 0.351 e. The van der Waals surface area contributed by atoms with E-state index in [9.17, 15) is 4.79 Å². The normalized spacial score (nSPS) is 45.6. The number of amides is 1. The van der Waals surface area contributed by atoms with Gasteiger partial charge in [-0.2, -0.15) is 0 Å². The van der Waals surface area contributed by atoms with Crippen LogP contribution in [0.3, 0.4) is 0 Å². The Morgan fingerprint density at radius 3 is 2.59 bits per heavy atom. The molecule has 4 bridgehead atoms. The number of fused-ring (bicyclic) bond motifs is 4. The summed E-state index contributed by atoms with van der Waals surface area (Å²) in [5.41, 5.74) is 1.41. The number of rotatable bonds is 3. The maximum absolute atomic E-state index is 13.5. The zero-order chi connectivity index (χ0) is 18.6. The molecule has 3 aliphatic carbocycles. The van der Waals surface area contributed by atoms with Crippen molar-refractivity contribution in [3.8, 4) is 0 Å². The molecule has 5 rings (SSSR count). The van der Waals surface area contributed by atoms with Gasteiger partial charge in [0.1, 0.15) is 0 Å². The highest BCUT2D eigenvalue weighted by Gasteiger charge is 2.54. The molecule has 3 saturated carbocycles. The summed E-state index contributed by atoms with van der Waals surface area (Å²) in [7, 11) is 0. The summed E-state index contributed by atoms with van der Waals surface area (Å²) in [6, 6.07) is 11.9. The van der Waals surface area contributed by atoms with Crippen LogP contribution in [0.15, 0.2) is 30.3 Å². The monoisotopic (exact) mass is 366 g/mol. The molecule has 1 aliphatic heterocycles. The second kappa shape index (κ2) is 6.34. The van der Waals surface area contributed by atoms with Crippen LogP contribution < -0.4 is 10.6 Å². The van der Waals surface area contributed by atoms with Crippen LogP contribution in [0.25, 0.3) is 0 Å². The van der Waals surface area contributed by atoms with Crippen molar-refractivity contribution < 1.29 is 4.79 Å². The molecule has 1 saturated heterocycles. The van der Waals surface area contributed by atoms with Gasteiger partial charge >= 0.3 is 0 Å². The third kappa shape index (κ3) is 3.03. The highest BCUT2D eigenvalue weighted by molar-refractivity contribution is 5.83. The third-order valence-corrected chi connectivity index (χ3v) is 8.20. The van der Waals surface area contributed by atoms with Gasteiger partial charge in [-0.15, -0.1) is 0 Å². The van der Waals surface area contributed by atoms with E-state index in [1.807, 2.05) is 0 Å². The third-order valence-electron chi connectivity index (χ3n) is 8.20. The predicted octanol–water partition coefficient (Wildman–Crippen LogP) is 4.03. The molecule has 1 aromatic rings. The number of carbonyl (C=O) groups is 1. The molecule has 0 spiro atoms. The summed E-state index contributed by atoms with van der Waals surface area (Å²) in [6.45, 7) is 5.81. The molecule has 1 heterocycles. The van der Waals surface area contributed by atoms with Crippen LogP contribution in [0.2, 0.25) is 0 Å². The molecule has 3 nitrogen and oxygen atoms in total. The van der Waals surface area contributed by atoms with Crippen LogP contribution >= 0.6 is 0 Å². The van der Waals surface area contributed by atoms with Crippen LogP contribution in [0.1, 0.15) is 64.4 Å². The van der Waals surface area contributed by atoms with E-state index < -0.39 is 0 Å². The minimum absolute atomic E-state index is 0.181. The van der Waals surface area contributed by atoms with Crippen molar-refractivity contribution in [2.24, 2.45) is 23.2 Å². The van der Waals surface area contributed by atoms with Gasteiger partial charge < -0.3 is 10.6 Å². The zero-order valence-corrected chi connectivity index (χ0v) is 16.8. The van der Waals surface area contributed by atoms with E-state index in [0.717, 1.165) is 31.2 Å². The van der Waals surface area contributed by atoms with Crippen LogP contribution in [-0.4, -0.2) is 24.5 Å². The Balaban J connectivity index is 1.40. The summed E-state index contributed by atoms with van der Waals surface area (Å²) in [4.78, 5) is 13.5. The Morgan fingerprint density at radius 1 is 1.07 bits per heavy atom. The van der Waals surface area contributed by atoms with Gasteiger partial charge in [-0.05, 0) is 80.2 Å². The topological polar surface area (TPSA) is 41.1 Å². The molecular weight excluding hydrogens is 332 g/mol. The highest BCUT2D eigenvalue weighted by Crippen LogP contribution is 2.58. The van der Waals surface area contributed by atoms with Crippen LogP contribution in [0, 0.1) is 23.2 Å². The Labute approximate surface area is 163 Å². The van der Waals surface area contributed by atoms with E-state index in [2.05, 4.69) is 54.8 Å². The minimum atomic E-state index is -0.235. The van der Waals surface area contributed by atoms with E-state index in [4.69, 9.17) is 0 Å². The second-order valence-corrected chi connectivity index (χ2v) is 10.6. The number of piperidine rings is 1. The molecule has 0 aromatic heterocycles. The van der Waals surface area contributed by atoms with Gasteiger partial charge in [0.25, 0.3) is 0 Å². The van der Waals surface area contributed by atoms with Gasteiger partial charge in [0.2, 0.25) is 5.91 Å². The van der Waals surface area contributed by atoms with Crippen molar-refractivity contribution in [1.29, 1.82) is 0 Å². The molecule has 4 aliphatic rings. The molecule has 0 radical (unpaired) electrons. The first-order valence-electron chi connectivity index (χ1n) is 11.1. The van der Waals surface area contributed by atoms with E-state index >= 15 is 0 Å². The number of carbonyl (C=O) groups excluding carboxylic acids is 1. The fourth-order valence-electron chi connectivity index (χ4n) is 7.45. The van der Waals surface area contributed by atoms with Gasteiger partial charge in [-0.25, -0.2) is 0 Å². The molecule has 27 heavy (non-hydrogen) atoms. The summed E-state index contributed by atoms with van der Waals surface area (Å²) in [5.74, 6) is 2.53. The summed E-state index contributed by atoms with van der Waals surface area (Å²) < 4.78 is 0. The van der Waals surface area contributed by atoms with E-state index in [-0.39, 0.29) is 10.8 Å². The lowest BCUT2D eigenvalue weighted by Crippen LogP contribution is -2.56. The molecule has 7 unspecified atom stereocenters. The lowest BCUT2D eigenvalue weighted by atomic mass is 9.50. The van der Waals surface area contributed by atoms with Crippen LogP contribution in [0.4, 0.5) is 0 Å². The fraction of sp³-hybridized carbons (Fsp3) is 0.708. The average molecular weight is 367 g/mol. The molecule has 1 aromatic carbocycles. The standard InChI is InChI=1S/C24H34N2O/c1-16-8-18-12-23(2,22(27)26-21-10-17-9-20(21)25-14-17)15-24(11-16,13-18)19-6-4-3-5-7-19/h3-7,16-18,20-21,25H,8-15H2,1-2H3,(H,26,27). The first-order chi connectivity index (χ1) is 13.0. The Hall–Kier alpha value is -1.35. The van der Waals surface area contributed by atoms with Crippen molar-refractivity contribution in [2.75, 3.05) is 6.54 Å². The molecule has 146 valence electrons. The van der Waals surface area contributed by atoms with Gasteiger partial charge in [-0.3, -0.25) is 4.79 Å². The van der Waals surface area contributed by atoms with Crippen LogP contribution in [0.5, 0.6) is 0 Å². The molecule has 2 N–H and O–H groups in total. The van der Waals surface area contributed by atoms with Crippen molar-refractivity contribution in [3.05, 3.63) is 35.9 Å². The summed E-state index contributed by atoms with van der Waals surface area (Å²) in [5, 5.41) is 7.08. The highest BCUT2D eigenvalue weighted by atomic mass is 16.2. The average Bonchev–Trinajstić information content (AvgIpc) is 3.24. The molecule has 1 amide bonds. The first-order valence-corrected chi connectivity index (χ1v) is 11.1. The van der Waals surface area contributed by atoms with Gasteiger partial charge in [0, 0.05) is 17.5 Å². The van der Waals surface area contributed by atoms with Gasteiger partial charge in [0.05, 0.1) is 0 Å². The maximum atomic E-state index is 13.5. The molecule has 7 atom stereocenters.